The van der Waals surface area contributed by atoms with Gasteiger partial charge in [0.05, 0.1) is 0 Å². The monoisotopic (exact) mass is 343 g/mol. The molecule has 24 heavy (non-hydrogen) atoms. The third kappa shape index (κ3) is 4.51. The van der Waals surface area contributed by atoms with Crippen LogP contribution in [0.3, 0.4) is 0 Å². The molecule has 0 heterocycles. The molecular formula is C20H22ClNO2. The first-order valence-electron chi connectivity index (χ1n) is 8.48. The van der Waals surface area contributed by atoms with E-state index in [0.717, 1.165) is 18.5 Å². The van der Waals surface area contributed by atoms with Gasteiger partial charge in [-0.3, -0.25) is 4.79 Å². The van der Waals surface area contributed by atoms with Crippen LogP contribution in [0.1, 0.15) is 43.6 Å². The van der Waals surface area contributed by atoms with E-state index in [1.54, 1.807) is 24.3 Å². The summed E-state index contributed by atoms with van der Waals surface area (Å²) in [5.74, 6) is 1.77. The number of amides is 1. The molecule has 0 atom stereocenters. The van der Waals surface area contributed by atoms with Crippen LogP contribution in [0.15, 0.2) is 54.6 Å². The van der Waals surface area contributed by atoms with Crippen LogP contribution < -0.4 is 9.61 Å². The molecule has 3 nitrogen and oxygen atoms in total. The van der Waals surface area contributed by atoms with Crippen molar-refractivity contribution in [3.05, 3.63) is 60.2 Å². The minimum Gasteiger partial charge on any atom is -0.386 e. The molecule has 1 amide bonds. The van der Waals surface area contributed by atoms with Gasteiger partial charge in [-0.25, -0.2) is 0 Å². The Morgan fingerprint density at radius 3 is 2.29 bits per heavy atom. The summed E-state index contributed by atoms with van der Waals surface area (Å²) < 4.78 is 4.60. The molecule has 1 saturated carbocycles. The van der Waals surface area contributed by atoms with Crippen molar-refractivity contribution in [3.8, 4) is 5.75 Å². The van der Waals surface area contributed by atoms with Gasteiger partial charge in [0.1, 0.15) is 17.6 Å². The van der Waals surface area contributed by atoms with E-state index in [-0.39, 0.29) is 5.91 Å². The van der Waals surface area contributed by atoms with E-state index in [0.29, 0.717) is 24.0 Å². The van der Waals surface area contributed by atoms with Gasteiger partial charge >= 0.3 is 0 Å². The average Bonchev–Trinajstić information content (AvgIpc) is 2.64. The minimum absolute atomic E-state index is 0.0812. The summed E-state index contributed by atoms with van der Waals surface area (Å²) >= 11 is 5.28. The number of carbonyl (C=O) groups is 1. The number of nitrogens with one attached hydrogen (secondary N) is 1. The summed E-state index contributed by atoms with van der Waals surface area (Å²) in [6, 6.07) is 17.7. The number of hydrogen-bond donors (Lipinski definition) is 1. The van der Waals surface area contributed by atoms with Crippen LogP contribution in [0.2, 0.25) is 0 Å². The summed E-state index contributed by atoms with van der Waals surface area (Å²) in [5, 5.41) is 2.95. The summed E-state index contributed by atoms with van der Waals surface area (Å²) in [6.07, 6.45) is 5.17. The lowest BCUT2D eigenvalue weighted by molar-refractivity contribution is -0.117. The van der Waals surface area contributed by atoms with Crippen LogP contribution in [0.4, 0.5) is 5.69 Å². The Bertz CT molecular complexity index is 649. The lowest BCUT2D eigenvalue weighted by Gasteiger charge is -2.28. The van der Waals surface area contributed by atoms with Gasteiger partial charge < -0.3 is 9.61 Å². The lowest BCUT2D eigenvalue weighted by Crippen LogP contribution is -2.20. The van der Waals surface area contributed by atoms with Gasteiger partial charge in [0.25, 0.3) is 0 Å². The topological polar surface area (TPSA) is 38.3 Å². The Balaban J connectivity index is 1.46. The third-order valence-corrected chi connectivity index (χ3v) is 5.00. The van der Waals surface area contributed by atoms with Gasteiger partial charge in [-0.2, -0.15) is 0 Å². The molecule has 2 aromatic rings. The molecule has 2 aromatic carbocycles. The first kappa shape index (κ1) is 16.8. The van der Waals surface area contributed by atoms with Crippen LogP contribution in [0.5, 0.6) is 5.75 Å². The van der Waals surface area contributed by atoms with Crippen molar-refractivity contribution in [2.75, 3.05) is 5.32 Å². The minimum atomic E-state index is 0.0812. The van der Waals surface area contributed by atoms with Crippen LogP contribution in [-0.4, -0.2) is 5.91 Å². The summed E-state index contributed by atoms with van der Waals surface area (Å²) in [6.45, 7) is 0. The first-order valence-corrected chi connectivity index (χ1v) is 8.79. The normalized spacial score (nSPS) is 20.4. The van der Waals surface area contributed by atoms with Crippen molar-refractivity contribution in [1.29, 1.82) is 0 Å². The molecule has 0 radical (unpaired) electrons. The number of rotatable bonds is 5. The second-order valence-corrected chi connectivity index (χ2v) is 6.64. The fraction of sp³-hybridized carbons (Fsp3) is 0.350. The zero-order chi connectivity index (χ0) is 16.8. The fourth-order valence-electron chi connectivity index (χ4n) is 3.49. The SMILES string of the molecule is O=C(CC1CCC(c2ccccc2)CC1)Nc1ccc(OCl)cc1. The third-order valence-electron chi connectivity index (χ3n) is 4.82. The Hall–Kier alpha value is -2.00. The van der Waals surface area contributed by atoms with Gasteiger partial charge in [-0.15, -0.1) is 0 Å². The van der Waals surface area contributed by atoms with E-state index in [9.17, 15) is 4.79 Å². The average molecular weight is 344 g/mol. The van der Waals surface area contributed by atoms with Crippen LogP contribution >= 0.6 is 11.9 Å². The highest BCUT2D eigenvalue weighted by molar-refractivity contribution is 6.09. The molecule has 1 aliphatic rings. The molecule has 0 aliphatic heterocycles. The molecule has 126 valence electrons. The molecular weight excluding hydrogens is 322 g/mol. The Labute approximate surface area is 148 Å². The zero-order valence-corrected chi connectivity index (χ0v) is 14.3. The number of halogens is 1. The van der Waals surface area contributed by atoms with Crippen molar-refractivity contribution < 1.29 is 9.08 Å². The van der Waals surface area contributed by atoms with Crippen molar-refractivity contribution >= 4 is 23.5 Å². The zero-order valence-electron chi connectivity index (χ0n) is 13.6. The number of benzene rings is 2. The predicted octanol–water partition coefficient (Wildman–Crippen LogP) is 5.52. The summed E-state index contributed by atoms with van der Waals surface area (Å²) in [5.41, 5.74) is 2.21. The van der Waals surface area contributed by atoms with Crippen molar-refractivity contribution in [2.24, 2.45) is 5.92 Å². The Morgan fingerprint density at radius 1 is 1.00 bits per heavy atom. The van der Waals surface area contributed by atoms with Gasteiger partial charge in [-0.05, 0) is 67.3 Å². The molecule has 0 aromatic heterocycles. The quantitative estimate of drug-likeness (QED) is 0.776. The summed E-state index contributed by atoms with van der Waals surface area (Å²) in [7, 11) is 0. The fourth-order valence-corrected chi connectivity index (χ4v) is 3.59. The molecule has 4 heteroatoms. The number of carbonyl (C=O) groups excluding carboxylic acids is 1. The van der Waals surface area contributed by atoms with Gasteiger partial charge in [-0.1, -0.05) is 30.3 Å². The van der Waals surface area contributed by atoms with Crippen LogP contribution in [0, 0.1) is 5.92 Å². The molecule has 1 fully saturated rings. The second-order valence-electron chi connectivity index (χ2n) is 6.48. The number of hydrogen-bond acceptors (Lipinski definition) is 2. The largest absolute Gasteiger partial charge is 0.386 e. The second kappa shape index (κ2) is 8.20. The first-order chi connectivity index (χ1) is 11.7. The van der Waals surface area contributed by atoms with Gasteiger partial charge in [0.2, 0.25) is 5.91 Å². The Kier molecular flexibility index (Phi) is 5.76. The van der Waals surface area contributed by atoms with E-state index in [4.69, 9.17) is 11.9 Å². The maximum absolute atomic E-state index is 12.2. The smallest absolute Gasteiger partial charge is 0.224 e. The van der Waals surface area contributed by atoms with Crippen molar-refractivity contribution in [1.82, 2.24) is 0 Å². The maximum Gasteiger partial charge on any atom is 0.224 e. The lowest BCUT2D eigenvalue weighted by atomic mass is 9.77. The van der Waals surface area contributed by atoms with E-state index >= 15 is 0 Å². The van der Waals surface area contributed by atoms with Gasteiger partial charge in [0, 0.05) is 12.1 Å². The van der Waals surface area contributed by atoms with E-state index in [1.807, 2.05) is 0 Å². The molecule has 3 rings (SSSR count). The highest BCUT2D eigenvalue weighted by Gasteiger charge is 2.24. The Morgan fingerprint density at radius 2 is 1.67 bits per heavy atom. The highest BCUT2D eigenvalue weighted by Crippen LogP contribution is 2.37. The van der Waals surface area contributed by atoms with Crippen LogP contribution in [-0.2, 0) is 4.79 Å². The molecule has 0 bridgehead atoms. The molecule has 0 unspecified atom stereocenters. The van der Waals surface area contributed by atoms with Crippen LogP contribution in [0.25, 0.3) is 0 Å². The predicted molar refractivity (Wildman–Crippen MR) is 97.3 cm³/mol. The maximum atomic E-state index is 12.2. The van der Waals surface area contributed by atoms with Crippen molar-refractivity contribution in [2.45, 2.75) is 38.0 Å². The number of anilines is 1. The molecule has 0 saturated heterocycles. The molecule has 0 spiro atoms. The van der Waals surface area contributed by atoms with E-state index < -0.39 is 0 Å². The van der Waals surface area contributed by atoms with Crippen molar-refractivity contribution in [3.63, 3.8) is 0 Å². The molecule has 1 aliphatic carbocycles. The van der Waals surface area contributed by atoms with Gasteiger partial charge in [0.15, 0.2) is 0 Å². The standard InChI is InChI=1S/C20H22ClNO2/c21-24-19-12-10-18(11-13-19)22-20(23)14-15-6-8-17(9-7-15)16-4-2-1-3-5-16/h1-5,10-13,15,17H,6-9,14H2,(H,22,23). The van der Waals surface area contributed by atoms with E-state index in [1.165, 1.54) is 18.4 Å². The van der Waals surface area contributed by atoms with E-state index in [2.05, 4.69) is 39.9 Å². The highest BCUT2D eigenvalue weighted by atomic mass is 35.5. The molecule has 1 N–H and O–H groups in total. The summed E-state index contributed by atoms with van der Waals surface area (Å²) in [4.78, 5) is 12.2.